The van der Waals surface area contributed by atoms with Crippen LogP contribution in [0.4, 0.5) is 14.5 Å². The number of benzene rings is 2. The molecule has 2 aromatic carbocycles. The largest absolute Gasteiger partial charge is 0.452 e. The molecule has 0 saturated heterocycles. The molecule has 138 valence electrons. The first-order valence-corrected chi connectivity index (χ1v) is 7.86. The van der Waals surface area contributed by atoms with Crippen molar-refractivity contribution >= 4 is 17.6 Å². The van der Waals surface area contributed by atoms with Crippen LogP contribution in [0, 0.1) is 20.8 Å². The molecule has 1 amide bonds. The Bertz CT molecular complexity index is 798. The van der Waals surface area contributed by atoms with Gasteiger partial charge in [-0.25, -0.2) is 4.79 Å². The van der Waals surface area contributed by atoms with Crippen molar-refractivity contribution in [2.75, 3.05) is 11.9 Å². The Labute approximate surface area is 149 Å². The Balaban J connectivity index is 1.96. The van der Waals surface area contributed by atoms with Crippen molar-refractivity contribution in [3.63, 3.8) is 0 Å². The summed E-state index contributed by atoms with van der Waals surface area (Å²) < 4.78 is 33.6. The number of nitrogens with one attached hydrogen (secondary N) is 1. The van der Waals surface area contributed by atoms with Gasteiger partial charge in [0.15, 0.2) is 6.61 Å². The molecule has 0 unspecified atom stereocenters. The first-order valence-electron chi connectivity index (χ1n) is 7.86. The molecule has 0 atom stereocenters. The fourth-order valence-electron chi connectivity index (χ4n) is 2.57. The first kappa shape index (κ1) is 19.4. The number of ether oxygens (including phenoxy) is 2. The van der Waals surface area contributed by atoms with Crippen molar-refractivity contribution in [3.05, 3.63) is 58.7 Å². The van der Waals surface area contributed by atoms with E-state index in [1.54, 1.807) is 0 Å². The van der Waals surface area contributed by atoms with Crippen LogP contribution >= 0.6 is 0 Å². The summed E-state index contributed by atoms with van der Waals surface area (Å²) in [6.45, 7) is 2.21. The Hall–Kier alpha value is -2.96. The molecule has 0 spiro atoms. The Morgan fingerprint density at radius 1 is 1.08 bits per heavy atom. The summed E-state index contributed by atoms with van der Waals surface area (Å²) in [6, 6.07) is 9.05. The van der Waals surface area contributed by atoms with E-state index in [1.165, 1.54) is 18.2 Å². The minimum atomic E-state index is -2.99. The molecule has 0 bridgehead atoms. The van der Waals surface area contributed by atoms with Gasteiger partial charge in [-0.2, -0.15) is 8.78 Å². The molecular weight excluding hydrogens is 344 g/mol. The molecule has 0 fully saturated rings. The highest BCUT2D eigenvalue weighted by Crippen LogP contribution is 2.22. The minimum Gasteiger partial charge on any atom is -0.452 e. The summed E-state index contributed by atoms with van der Waals surface area (Å²) in [6.07, 6.45) is 0. The molecule has 7 heteroatoms. The highest BCUT2D eigenvalue weighted by Gasteiger charge is 2.14. The molecule has 26 heavy (non-hydrogen) atoms. The number of hydrogen-bond donors (Lipinski definition) is 1. The second-order valence-corrected chi connectivity index (χ2v) is 5.80. The van der Waals surface area contributed by atoms with E-state index >= 15 is 0 Å². The monoisotopic (exact) mass is 363 g/mol. The maximum atomic E-state index is 12.2. The topological polar surface area (TPSA) is 64.6 Å². The Kier molecular flexibility index (Phi) is 6.27. The number of halogens is 2. The lowest BCUT2D eigenvalue weighted by Crippen LogP contribution is -2.22. The van der Waals surface area contributed by atoms with Gasteiger partial charge in [-0.3, -0.25) is 4.79 Å². The molecule has 0 heterocycles. The smallest absolute Gasteiger partial charge is 0.387 e. The van der Waals surface area contributed by atoms with Crippen LogP contribution in [0.1, 0.15) is 27.0 Å². The fraction of sp³-hybridized carbons (Fsp3) is 0.263. The summed E-state index contributed by atoms with van der Waals surface area (Å²) in [5.41, 5.74) is 3.57. The van der Waals surface area contributed by atoms with Crippen LogP contribution < -0.4 is 10.1 Å². The number of alkyl halides is 2. The van der Waals surface area contributed by atoms with E-state index in [0.717, 1.165) is 22.8 Å². The lowest BCUT2D eigenvalue weighted by atomic mass is 10.1. The highest BCUT2D eigenvalue weighted by molar-refractivity contribution is 5.96. The van der Waals surface area contributed by atoms with Crippen LogP contribution in [-0.4, -0.2) is 25.1 Å². The minimum absolute atomic E-state index is 0.0126. The van der Waals surface area contributed by atoms with E-state index in [9.17, 15) is 18.4 Å². The van der Waals surface area contributed by atoms with Gasteiger partial charge in [-0.1, -0.05) is 23.8 Å². The number of carbonyl (C=O) groups excluding carboxylic acids is 2. The summed E-state index contributed by atoms with van der Waals surface area (Å²) in [5, 5.41) is 2.71. The summed E-state index contributed by atoms with van der Waals surface area (Å²) in [5.74, 6) is -1.46. The SMILES string of the molecule is Cc1cc(C)c(NC(=O)COC(=O)c2cccc(OC(F)F)c2)c(C)c1. The average Bonchev–Trinajstić information content (AvgIpc) is 2.55. The number of rotatable bonds is 6. The van der Waals surface area contributed by atoms with Gasteiger partial charge >= 0.3 is 12.6 Å². The van der Waals surface area contributed by atoms with Gasteiger partial charge in [0.25, 0.3) is 5.91 Å². The number of aryl methyl sites for hydroxylation is 3. The number of esters is 1. The van der Waals surface area contributed by atoms with E-state index in [4.69, 9.17) is 4.74 Å². The van der Waals surface area contributed by atoms with Crippen molar-refractivity contribution in [2.24, 2.45) is 0 Å². The second kappa shape index (κ2) is 8.42. The van der Waals surface area contributed by atoms with Gasteiger partial charge in [0.1, 0.15) is 5.75 Å². The van der Waals surface area contributed by atoms with Crippen LogP contribution in [0.3, 0.4) is 0 Å². The molecular formula is C19H19F2NO4. The maximum Gasteiger partial charge on any atom is 0.387 e. The summed E-state index contributed by atoms with van der Waals surface area (Å²) in [7, 11) is 0. The third-order valence-corrected chi connectivity index (χ3v) is 3.57. The molecule has 2 rings (SSSR count). The molecule has 0 saturated carbocycles. The standard InChI is InChI=1S/C19H19F2NO4/c1-11-7-12(2)17(13(3)8-11)22-16(23)10-25-18(24)14-5-4-6-15(9-14)26-19(20)21/h4-9,19H,10H2,1-3H3,(H,22,23). The van der Waals surface area contributed by atoms with Gasteiger partial charge in [0.05, 0.1) is 5.56 Å². The summed E-state index contributed by atoms with van der Waals surface area (Å²) in [4.78, 5) is 24.0. The summed E-state index contributed by atoms with van der Waals surface area (Å²) >= 11 is 0. The molecule has 5 nitrogen and oxygen atoms in total. The van der Waals surface area contributed by atoms with Crippen molar-refractivity contribution in [3.8, 4) is 5.75 Å². The van der Waals surface area contributed by atoms with E-state index in [0.29, 0.717) is 5.69 Å². The van der Waals surface area contributed by atoms with Gasteiger partial charge in [0.2, 0.25) is 0 Å². The third kappa shape index (κ3) is 5.27. The fourth-order valence-corrected chi connectivity index (χ4v) is 2.57. The molecule has 0 radical (unpaired) electrons. The van der Waals surface area contributed by atoms with Gasteiger partial charge in [-0.15, -0.1) is 0 Å². The van der Waals surface area contributed by atoms with Crippen LogP contribution in [0.2, 0.25) is 0 Å². The van der Waals surface area contributed by atoms with Crippen LogP contribution in [0.25, 0.3) is 0 Å². The van der Waals surface area contributed by atoms with E-state index in [2.05, 4.69) is 10.1 Å². The van der Waals surface area contributed by atoms with Gasteiger partial charge < -0.3 is 14.8 Å². The van der Waals surface area contributed by atoms with E-state index in [-0.39, 0.29) is 11.3 Å². The predicted octanol–water partition coefficient (Wildman–Crippen LogP) is 4.01. The lowest BCUT2D eigenvalue weighted by molar-refractivity contribution is -0.119. The van der Waals surface area contributed by atoms with Gasteiger partial charge in [-0.05, 0) is 50.1 Å². The highest BCUT2D eigenvalue weighted by atomic mass is 19.3. The van der Waals surface area contributed by atoms with Crippen LogP contribution in [-0.2, 0) is 9.53 Å². The number of carbonyl (C=O) groups is 2. The van der Waals surface area contributed by atoms with Crippen LogP contribution in [0.5, 0.6) is 5.75 Å². The molecule has 0 aliphatic heterocycles. The number of anilines is 1. The molecule has 0 aliphatic carbocycles. The Morgan fingerprint density at radius 2 is 1.73 bits per heavy atom. The van der Waals surface area contributed by atoms with Gasteiger partial charge in [0, 0.05) is 5.69 Å². The maximum absolute atomic E-state index is 12.2. The third-order valence-electron chi connectivity index (χ3n) is 3.57. The first-order chi connectivity index (χ1) is 12.3. The Morgan fingerprint density at radius 3 is 2.35 bits per heavy atom. The van der Waals surface area contributed by atoms with Crippen molar-refractivity contribution in [1.29, 1.82) is 0 Å². The lowest BCUT2D eigenvalue weighted by Gasteiger charge is -2.13. The normalized spacial score (nSPS) is 10.5. The number of amides is 1. The van der Waals surface area contributed by atoms with E-state index in [1.807, 2.05) is 32.9 Å². The zero-order valence-electron chi connectivity index (χ0n) is 14.6. The molecule has 0 aliphatic rings. The zero-order valence-corrected chi connectivity index (χ0v) is 14.6. The molecule has 0 aromatic heterocycles. The van der Waals surface area contributed by atoms with Crippen molar-refractivity contribution in [2.45, 2.75) is 27.4 Å². The van der Waals surface area contributed by atoms with Crippen LogP contribution in [0.15, 0.2) is 36.4 Å². The number of hydrogen-bond acceptors (Lipinski definition) is 4. The zero-order chi connectivity index (χ0) is 19.3. The van der Waals surface area contributed by atoms with Crippen molar-refractivity contribution < 1.29 is 27.8 Å². The second-order valence-electron chi connectivity index (χ2n) is 5.80. The van der Waals surface area contributed by atoms with Crippen molar-refractivity contribution in [1.82, 2.24) is 0 Å². The van der Waals surface area contributed by atoms with E-state index < -0.39 is 25.1 Å². The quantitative estimate of drug-likeness (QED) is 0.788. The average molecular weight is 363 g/mol. The molecule has 2 aromatic rings. The molecule has 1 N–H and O–H groups in total. The predicted molar refractivity (Wildman–Crippen MR) is 92.6 cm³/mol.